The fourth-order valence-corrected chi connectivity index (χ4v) is 3.32. The first-order valence-electron chi connectivity index (χ1n) is 8.93. The highest BCUT2D eigenvalue weighted by Gasteiger charge is 2.20. The van der Waals surface area contributed by atoms with E-state index < -0.39 is 15.9 Å². The summed E-state index contributed by atoms with van der Waals surface area (Å²) in [4.78, 5) is 12.3. The van der Waals surface area contributed by atoms with Gasteiger partial charge in [-0.1, -0.05) is 19.1 Å². The minimum Gasteiger partial charge on any atom is -0.497 e. The molecule has 0 aliphatic carbocycles. The third kappa shape index (κ3) is 6.45. The lowest BCUT2D eigenvalue weighted by Crippen LogP contribution is -2.40. The summed E-state index contributed by atoms with van der Waals surface area (Å²) in [6.45, 7) is 2.58. The van der Waals surface area contributed by atoms with Crippen LogP contribution in [0.25, 0.3) is 0 Å². The highest BCUT2D eigenvalue weighted by Crippen LogP contribution is 2.21. The number of ether oxygens (including phenoxy) is 2. The number of anilines is 1. The molecule has 0 aliphatic heterocycles. The average molecular weight is 407 g/mol. The van der Waals surface area contributed by atoms with Crippen LogP contribution >= 0.6 is 0 Å². The van der Waals surface area contributed by atoms with Crippen LogP contribution in [0.2, 0.25) is 0 Å². The van der Waals surface area contributed by atoms with Gasteiger partial charge in [-0.25, -0.2) is 8.42 Å². The maximum Gasteiger partial charge on any atom is 0.241 e. The Bertz CT molecular complexity index is 864. The molecule has 2 aromatic rings. The van der Waals surface area contributed by atoms with Crippen molar-refractivity contribution < 1.29 is 22.7 Å². The van der Waals surface area contributed by atoms with Crippen LogP contribution in [0, 0.1) is 0 Å². The van der Waals surface area contributed by atoms with Crippen molar-refractivity contribution in [1.29, 1.82) is 0 Å². The largest absolute Gasteiger partial charge is 0.497 e. The van der Waals surface area contributed by atoms with Crippen molar-refractivity contribution in [3.05, 3.63) is 54.1 Å². The first kappa shape index (κ1) is 21.6. The zero-order chi connectivity index (χ0) is 20.6. The van der Waals surface area contributed by atoms with Gasteiger partial charge >= 0.3 is 0 Å². The molecule has 8 heteroatoms. The van der Waals surface area contributed by atoms with Gasteiger partial charge in [-0.15, -0.1) is 0 Å². The third-order valence-electron chi connectivity index (χ3n) is 3.93. The molecule has 0 fully saturated rings. The summed E-state index contributed by atoms with van der Waals surface area (Å²) in [5.41, 5.74) is 1.29. The minimum absolute atomic E-state index is 0.296. The molecular formula is C20H26N2O5S. The van der Waals surface area contributed by atoms with E-state index in [0.717, 1.165) is 28.3 Å². The quantitative estimate of drug-likeness (QED) is 0.656. The number of nitrogens with zero attached hydrogens (tertiary/aromatic N) is 1. The van der Waals surface area contributed by atoms with Crippen molar-refractivity contribution in [2.24, 2.45) is 0 Å². The lowest BCUT2D eigenvalue weighted by Gasteiger charge is -2.22. The number of nitrogens with one attached hydrogen (secondary N) is 1. The van der Waals surface area contributed by atoms with Crippen LogP contribution in [0.15, 0.2) is 48.5 Å². The van der Waals surface area contributed by atoms with Crippen LogP contribution in [0.3, 0.4) is 0 Å². The standard InChI is InChI=1S/C20H26N2O5S/c1-4-13-27-19-11-7-17(8-12-19)22(28(3,24)25)15-20(23)21-14-16-5-9-18(26-2)10-6-16/h5-12H,4,13-15H2,1-3H3,(H,21,23). The molecule has 152 valence electrons. The van der Waals surface area contributed by atoms with Gasteiger partial charge in [-0.3, -0.25) is 9.10 Å². The summed E-state index contributed by atoms with van der Waals surface area (Å²) in [7, 11) is -2.04. The Morgan fingerprint density at radius 1 is 1.04 bits per heavy atom. The maximum absolute atomic E-state index is 12.3. The number of carbonyl (C=O) groups excluding carboxylic acids is 1. The van der Waals surface area contributed by atoms with Gasteiger partial charge in [0.25, 0.3) is 0 Å². The molecule has 0 aliphatic rings. The maximum atomic E-state index is 12.3. The van der Waals surface area contributed by atoms with Crippen molar-refractivity contribution >= 4 is 21.6 Å². The Kier molecular flexibility index (Phi) is 7.69. The van der Waals surface area contributed by atoms with Crippen LogP contribution in [-0.2, 0) is 21.4 Å². The molecule has 1 amide bonds. The van der Waals surface area contributed by atoms with Crippen molar-refractivity contribution in [3.63, 3.8) is 0 Å². The molecule has 0 saturated heterocycles. The zero-order valence-corrected chi connectivity index (χ0v) is 17.2. The van der Waals surface area contributed by atoms with Gasteiger partial charge in [0.2, 0.25) is 15.9 Å². The van der Waals surface area contributed by atoms with E-state index in [1.54, 1.807) is 43.5 Å². The fraction of sp³-hybridized carbons (Fsp3) is 0.350. The van der Waals surface area contributed by atoms with Crippen molar-refractivity contribution in [1.82, 2.24) is 5.32 Å². The highest BCUT2D eigenvalue weighted by molar-refractivity contribution is 7.92. The first-order valence-corrected chi connectivity index (χ1v) is 10.8. The molecule has 1 N–H and O–H groups in total. The van der Waals surface area contributed by atoms with E-state index in [1.807, 2.05) is 19.1 Å². The summed E-state index contributed by atoms with van der Waals surface area (Å²) in [5, 5.41) is 2.74. The van der Waals surface area contributed by atoms with E-state index in [-0.39, 0.29) is 6.54 Å². The first-order chi connectivity index (χ1) is 13.3. The zero-order valence-electron chi connectivity index (χ0n) is 16.3. The Morgan fingerprint density at radius 3 is 2.18 bits per heavy atom. The number of rotatable bonds is 10. The van der Waals surface area contributed by atoms with E-state index in [4.69, 9.17) is 9.47 Å². The second-order valence-corrected chi connectivity index (χ2v) is 8.14. The number of amides is 1. The Labute approximate surface area is 166 Å². The lowest BCUT2D eigenvalue weighted by atomic mass is 10.2. The molecule has 28 heavy (non-hydrogen) atoms. The van der Waals surface area contributed by atoms with Gasteiger partial charge in [0.15, 0.2) is 0 Å². The molecule has 0 aromatic heterocycles. The van der Waals surface area contributed by atoms with Crippen LogP contribution in [0.1, 0.15) is 18.9 Å². The molecule has 2 aromatic carbocycles. The molecule has 2 rings (SSSR count). The summed E-state index contributed by atoms with van der Waals surface area (Å²) in [6, 6.07) is 13.9. The second kappa shape index (κ2) is 9.98. The molecule has 0 radical (unpaired) electrons. The highest BCUT2D eigenvalue weighted by atomic mass is 32.2. The fourth-order valence-electron chi connectivity index (χ4n) is 2.46. The Hall–Kier alpha value is -2.74. The smallest absolute Gasteiger partial charge is 0.241 e. The van der Waals surface area contributed by atoms with E-state index in [2.05, 4.69) is 5.32 Å². The minimum atomic E-state index is -3.62. The number of benzene rings is 2. The normalized spacial score (nSPS) is 11.0. The Morgan fingerprint density at radius 2 is 1.64 bits per heavy atom. The molecule has 0 saturated carbocycles. The van der Waals surface area contributed by atoms with Gasteiger partial charge in [0.05, 0.1) is 25.7 Å². The lowest BCUT2D eigenvalue weighted by molar-refractivity contribution is -0.119. The molecular weight excluding hydrogens is 380 g/mol. The predicted octanol–water partition coefficient (Wildman–Crippen LogP) is 2.57. The van der Waals surface area contributed by atoms with Gasteiger partial charge in [-0.05, 0) is 48.4 Å². The topological polar surface area (TPSA) is 84.9 Å². The predicted molar refractivity (Wildman–Crippen MR) is 109 cm³/mol. The van der Waals surface area contributed by atoms with Crippen LogP contribution in [0.4, 0.5) is 5.69 Å². The summed E-state index contributed by atoms with van der Waals surface area (Å²) < 4.78 is 36.0. The number of carbonyl (C=O) groups is 1. The molecule has 0 bridgehead atoms. The second-order valence-electron chi connectivity index (χ2n) is 6.24. The molecule has 0 spiro atoms. The number of sulfonamides is 1. The van der Waals surface area contributed by atoms with E-state index >= 15 is 0 Å². The Balaban J connectivity index is 2.02. The monoisotopic (exact) mass is 406 g/mol. The van der Waals surface area contributed by atoms with Crippen molar-refractivity contribution in [2.75, 3.05) is 30.8 Å². The summed E-state index contributed by atoms with van der Waals surface area (Å²) in [6.07, 6.45) is 1.96. The third-order valence-corrected chi connectivity index (χ3v) is 5.07. The summed E-state index contributed by atoms with van der Waals surface area (Å²) >= 11 is 0. The van der Waals surface area contributed by atoms with Gasteiger partial charge in [0, 0.05) is 6.54 Å². The van der Waals surface area contributed by atoms with Gasteiger partial charge in [0.1, 0.15) is 18.0 Å². The molecule has 0 atom stereocenters. The van der Waals surface area contributed by atoms with E-state index in [1.165, 1.54) is 0 Å². The number of methoxy groups -OCH3 is 1. The van der Waals surface area contributed by atoms with Gasteiger partial charge < -0.3 is 14.8 Å². The SMILES string of the molecule is CCCOc1ccc(N(CC(=O)NCc2ccc(OC)cc2)S(C)(=O)=O)cc1. The molecule has 0 unspecified atom stereocenters. The van der Waals surface area contributed by atoms with E-state index in [9.17, 15) is 13.2 Å². The van der Waals surface area contributed by atoms with Crippen LogP contribution in [0.5, 0.6) is 11.5 Å². The number of hydrogen-bond donors (Lipinski definition) is 1. The molecule has 0 heterocycles. The van der Waals surface area contributed by atoms with Crippen molar-refractivity contribution in [3.8, 4) is 11.5 Å². The van der Waals surface area contributed by atoms with Crippen LogP contribution in [-0.4, -0.2) is 40.8 Å². The van der Waals surface area contributed by atoms with Crippen LogP contribution < -0.4 is 19.1 Å². The van der Waals surface area contributed by atoms with Crippen molar-refractivity contribution in [2.45, 2.75) is 19.9 Å². The number of hydrogen-bond acceptors (Lipinski definition) is 5. The molecule has 7 nitrogen and oxygen atoms in total. The summed E-state index contributed by atoms with van der Waals surface area (Å²) in [5.74, 6) is 0.986. The van der Waals surface area contributed by atoms with E-state index in [0.29, 0.717) is 24.6 Å². The average Bonchev–Trinajstić information content (AvgIpc) is 2.69. The van der Waals surface area contributed by atoms with Gasteiger partial charge in [-0.2, -0.15) is 0 Å².